The van der Waals surface area contributed by atoms with Crippen LogP contribution in [0.1, 0.15) is 42.7 Å². The van der Waals surface area contributed by atoms with E-state index in [1.807, 2.05) is 12.1 Å². The second kappa shape index (κ2) is 5.17. The van der Waals surface area contributed by atoms with Gasteiger partial charge in [-0.15, -0.1) is 0 Å². The van der Waals surface area contributed by atoms with Crippen molar-refractivity contribution < 1.29 is 9.90 Å². The van der Waals surface area contributed by atoms with Gasteiger partial charge in [-0.2, -0.15) is 0 Å². The summed E-state index contributed by atoms with van der Waals surface area (Å²) in [5, 5.41) is 8.77. The zero-order valence-corrected chi connectivity index (χ0v) is 9.98. The number of hydrogen-bond acceptors (Lipinski definition) is 1. The Morgan fingerprint density at radius 1 is 1.24 bits per heavy atom. The van der Waals surface area contributed by atoms with Gasteiger partial charge in [-0.05, 0) is 29.9 Å². The molecule has 1 aromatic rings. The molecule has 90 valence electrons. The molecule has 1 aliphatic rings. The Morgan fingerprint density at radius 3 is 2.35 bits per heavy atom. The van der Waals surface area contributed by atoms with Crippen LogP contribution in [-0.4, -0.2) is 11.1 Å². The topological polar surface area (TPSA) is 37.3 Å². The molecule has 0 amide bonds. The Morgan fingerprint density at radius 2 is 1.82 bits per heavy atom. The number of hydrogen-bond donors (Lipinski definition) is 1. The lowest BCUT2D eigenvalue weighted by Crippen LogP contribution is -2.02. The van der Waals surface area contributed by atoms with E-state index in [-0.39, 0.29) is 5.57 Å². The number of carboxylic acid groups (broad SMARTS) is 1. The van der Waals surface area contributed by atoms with Crippen molar-refractivity contribution in [1.82, 2.24) is 0 Å². The summed E-state index contributed by atoms with van der Waals surface area (Å²) in [6.45, 7) is 3.55. The van der Waals surface area contributed by atoms with E-state index in [4.69, 9.17) is 5.11 Å². The van der Waals surface area contributed by atoms with Crippen molar-refractivity contribution in [2.75, 3.05) is 0 Å². The van der Waals surface area contributed by atoms with Gasteiger partial charge in [0, 0.05) is 12.0 Å². The fourth-order valence-electron chi connectivity index (χ4n) is 2.49. The Bertz CT molecular complexity index is 411. The number of carbonyl (C=O) groups is 1. The molecule has 1 saturated carbocycles. The van der Waals surface area contributed by atoms with Crippen molar-refractivity contribution >= 4 is 5.97 Å². The summed E-state index contributed by atoms with van der Waals surface area (Å²) in [7, 11) is 0. The molecule has 0 aliphatic heterocycles. The summed E-state index contributed by atoms with van der Waals surface area (Å²) in [6, 6.07) is 8.34. The SMILES string of the molecule is C=C(Cc1ccc(C2CCCC2)cc1)C(=O)O. The van der Waals surface area contributed by atoms with E-state index >= 15 is 0 Å². The van der Waals surface area contributed by atoms with E-state index in [2.05, 4.69) is 18.7 Å². The lowest BCUT2D eigenvalue weighted by atomic mass is 9.95. The molecule has 1 N–H and O–H groups in total. The summed E-state index contributed by atoms with van der Waals surface area (Å²) >= 11 is 0. The van der Waals surface area contributed by atoms with Crippen LogP contribution in [0.5, 0.6) is 0 Å². The minimum atomic E-state index is -0.912. The molecule has 1 aromatic carbocycles. The maximum absolute atomic E-state index is 10.7. The zero-order valence-electron chi connectivity index (χ0n) is 9.98. The van der Waals surface area contributed by atoms with Gasteiger partial charge in [-0.1, -0.05) is 43.7 Å². The summed E-state index contributed by atoms with van der Waals surface area (Å²) in [5.74, 6) is -0.198. The van der Waals surface area contributed by atoms with Crippen LogP contribution in [0.4, 0.5) is 0 Å². The number of carboxylic acids is 1. The van der Waals surface area contributed by atoms with Gasteiger partial charge in [-0.25, -0.2) is 4.79 Å². The van der Waals surface area contributed by atoms with Crippen molar-refractivity contribution in [1.29, 1.82) is 0 Å². The minimum Gasteiger partial charge on any atom is -0.478 e. The largest absolute Gasteiger partial charge is 0.478 e. The van der Waals surface area contributed by atoms with Gasteiger partial charge in [-0.3, -0.25) is 0 Å². The lowest BCUT2D eigenvalue weighted by Gasteiger charge is -2.10. The van der Waals surface area contributed by atoms with Crippen LogP contribution >= 0.6 is 0 Å². The van der Waals surface area contributed by atoms with E-state index < -0.39 is 5.97 Å². The Labute approximate surface area is 102 Å². The molecule has 0 spiro atoms. The molecular formula is C15H18O2. The van der Waals surface area contributed by atoms with Gasteiger partial charge in [0.1, 0.15) is 0 Å². The molecular weight excluding hydrogens is 212 g/mol. The molecule has 1 aliphatic carbocycles. The molecule has 0 heterocycles. The average Bonchev–Trinajstić information content (AvgIpc) is 2.83. The molecule has 2 rings (SSSR count). The first-order chi connectivity index (χ1) is 8.16. The van der Waals surface area contributed by atoms with Crippen LogP contribution in [0.25, 0.3) is 0 Å². The molecule has 0 unspecified atom stereocenters. The molecule has 2 heteroatoms. The number of benzene rings is 1. The van der Waals surface area contributed by atoms with Gasteiger partial charge in [0.25, 0.3) is 0 Å². The molecule has 0 aromatic heterocycles. The minimum absolute atomic E-state index is 0.249. The molecule has 17 heavy (non-hydrogen) atoms. The van der Waals surface area contributed by atoms with Crippen LogP contribution in [0, 0.1) is 0 Å². The van der Waals surface area contributed by atoms with Crippen molar-refractivity contribution in [3.63, 3.8) is 0 Å². The van der Waals surface area contributed by atoms with Gasteiger partial charge in [0.2, 0.25) is 0 Å². The number of rotatable bonds is 4. The normalized spacial score (nSPS) is 16.0. The fourth-order valence-corrected chi connectivity index (χ4v) is 2.49. The third kappa shape index (κ3) is 2.96. The highest BCUT2D eigenvalue weighted by molar-refractivity contribution is 5.86. The van der Waals surface area contributed by atoms with Crippen LogP contribution in [0.15, 0.2) is 36.4 Å². The zero-order chi connectivity index (χ0) is 12.3. The fraction of sp³-hybridized carbons (Fsp3) is 0.400. The first kappa shape index (κ1) is 11.9. The average molecular weight is 230 g/mol. The maximum Gasteiger partial charge on any atom is 0.331 e. The van der Waals surface area contributed by atoms with E-state index in [0.29, 0.717) is 12.3 Å². The molecule has 0 atom stereocenters. The highest BCUT2D eigenvalue weighted by Crippen LogP contribution is 2.34. The second-order valence-corrected chi connectivity index (χ2v) is 4.81. The van der Waals surface area contributed by atoms with Crippen molar-refractivity contribution in [2.24, 2.45) is 0 Å². The Balaban J connectivity index is 2.02. The second-order valence-electron chi connectivity index (χ2n) is 4.81. The predicted molar refractivity (Wildman–Crippen MR) is 68.1 cm³/mol. The van der Waals surface area contributed by atoms with Gasteiger partial charge in [0.15, 0.2) is 0 Å². The highest BCUT2D eigenvalue weighted by atomic mass is 16.4. The summed E-state index contributed by atoms with van der Waals surface area (Å²) in [6.07, 6.45) is 5.69. The molecule has 2 nitrogen and oxygen atoms in total. The lowest BCUT2D eigenvalue weighted by molar-refractivity contribution is -0.132. The van der Waals surface area contributed by atoms with Gasteiger partial charge in [0.05, 0.1) is 0 Å². The van der Waals surface area contributed by atoms with E-state index in [1.54, 1.807) is 0 Å². The molecule has 1 fully saturated rings. The van der Waals surface area contributed by atoms with Crippen molar-refractivity contribution in [3.8, 4) is 0 Å². The number of aliphatic carboxylic acids is 1. The van der Waals surface area contributed by atoms with Gasteiger partial charge >= 0.3 is 5.97 Å². The van der Waals surface area contributed by atoms with Crippen LogP contribution < -0.4 is 0 Å². The smallest absolute Gasteiger partial charge is 0.331 e. The standard InChI is InChI=1S/C15H18O2/c1-11(15(16)17)10-12-6-8-14(9-7-12)13-4-2-3-5-13/h6-9,13H,1-5,10H2,(H,16,17). The van der Waals surface area contributed by atoms with E-state index in [1.165, 1.54) is 31.2 Å². The molecule has 0 bridgehead atoms. The Hall–Kier alpha value is -1.57. The first-order valence-electron chi connectivity index (χ1n) is 6.16. The summed E-state index contributed by atoms with van der Waals surface area (Å²) in [5.41, 5.74) is 2.67. The third-order valence-electron chi connectivity index (χ3n) is 3.53. The van der Waals surface area contributed by atoms with Crippen LogP contribution in [-0.2, 0) is 11.2 Å². The van der Waals surface area contributed by atoms with Gasteiger partial charge < -0.3 is 5.11 Å². The third-order valence-corrected chi connectivity index (χ3v) is 3.53. The van der Waals surface area contributed by atoms with Crippen molar-refractivity contribution in [2.45, 2.75) is 38.0 Å². The summed E-state index contributed by atoms with van der Waals surface area (Å²) < 4.78 is 0. The summed E-state index contributed by atoms with van der Waals surface area (Å²) in [4.78, 5) is 10.7. The predicted octanol–water partition coefficient (Wildman–Crippen LogP) is 3.53. The quantitative estimate of drug-likeness (QED) is 0.803. The highest BCUT2D eigenvalue weighted by Gasteiger charge is 2.16. The van der Waals surface area contributed by atoms with Crippen LogP contribution in [0.3, 0.4) is 0 Å². The Kier molecular flexibility index (Phi) is 3.62. The monoisotopic (exact) mass is 230 g/mol. The maximum atomic E-state index is 10.7. The van der Waals surface area contributed by atoms with Crippen molar-refractivity contribution in [3.05, 3.63) is 47.5 Å². The van der Waals surface area contributed by atoms with E-state index in [9.17, 15) is 4.79 Å². The first-order valence-corrected chi connectivity index (χ1v) is 6.16. The van der Waals surface area contributed by atoms with Crippen LogP contribution in [0.2, 0.25) is 0 Å². The molecule has 0 radical (unpaired) electrons. The molecule has 0 saturated heterocycles. The van der Waals surface area contributed by atoms with E-state index in [0.717, 1.165) is 5.56 Å².